The topological polar surface area (TPSA) is 70.7 Å². The van der Waals surface area contributed by atoms with Crippen molar-refractivity contribution in [3.8, 4) is 0 Å². The molecule has 0 aliphatic carbocycles. The molecule has 18 heavy (non-hydrogen) atoms. The molecular weight excluding hydrogens is 275 g/mol. The van der Waals surface area contributed by atoms with Gasteiger partial charge in [-0.3, -0.25) is 9.89 Å². The Morgan fingerprint density at radius 2 is 2.17 bits per heavy atom. The van der Waals surface area contributed by atoms with E-state index in [1.165, 1.54) is 6.33 Å². The fraction of sp³-hybridized carbons (Fsp3) is 0.182. The van der Waals surface area contributed by atoms with Crippen molar-refractivity contribution in [2.24, 2.45) is 0 Å². The number of H-pyrrole nitrogens is 1. The Kier molecular flexibility index (Phi) is 3.84. The minimum absolute atomic E-state index is 0.168. The van der Waals surface area contributed by atoms with Gasteiger partial charge in [0.25, 0.3) is 5.91 Å². The second-order valence-corrected chi connectivity index (χ2v) is 4.52. The predicted octanol–water partition coefficient (Wildman–Crippen LogP) is 2.60. The first-order valence-electron chi connectivity index (χ1n) is 5.19. The van der Waals surface area contributed by atoms with Crippen LogP contribution in [0.15, 0.2) is 24.5 Å². The molecule has 1 heterocycles. The molecule has 1 aromatic carbocycles. The number of amides is 1. The van der Waals surface area contributed by atoms with Crippen molar-refractivity contribution < 1.29 is 4.79 Å². The lowest BCUT2D eigenvalue weighted by atomic mass is 10.1. The molecule has 2 N–H and O–H groups in total. The van der Waals surface area contributed by atoms with Gasteiger partial charge in [-0.15, -0.1) is 0 Å². The first kappa shape index (κ1) is 12.9. The van der Waals surface area contributed by atoms with Crippen LogP contribution in [0.2, 0.25) is 10.0 Å². The Balaban J connectivity index is 2.10. The van der Waals surface area contributed by atoms with Gasteiger partial charge in [0.15, 0.2) is 0 Å². The number of carbonyl (C=O) groups excluding carboxylic acids is 1. The van der Waals surface area contributed by atoms with Crippen molar-refractivity contribution in [2.75, 3.05) is 0 Å². The van der Waals surface area contributed by atoms with Crippen LogP contribution in [0.1, 0.15) is 29.1 Å². The Labute approximate surface area is 114 Å². The van der Waals surface area contributed by atoms with E-state index >= 15 is 0 Å². The van der Waals surface area contributed by atoms with Gasteiger partial charge < -0.3 is 5.32 Å². The van der Waals surface area contributed by atoms with Gasteiger partial charge in [-0.2, -0.15) is 5.10 Å². The molecule has 1 unspecified atom stereocenters. The Bertz CT molecular complexity index is 556. The van der Waals surface area contributed by atoms with Gasteiger partial charge in [0.1, 0.15) is 6.33 Å². The lowest BCUT2D eigenvalue weighted by Gasteiger charge is -2.13. The van der Waals surface area contributed by atoms with E-state index in [1.54, 1.807) is 18.2 Å². The predicted molar refractivity (Wildman–Crippen MR) is 68.7 cm³/mol. The average Bonchev–Trinajstić information content (AvgIpc) is 2.86. The van der Waals surface area contributed by atoms with Crippen LogP contribution in [-0.2, 0) is 0 Å². The fourth-order valence-corrected chi connectivity index (χ4v) is 1.75. The molecule has 2 aromatic rings. The van der Waals surface area contributed by atoms with Crippen LogP contribution in [-0.4, -0.2) is 21.1 Å². The molecule has 0 saturated heterocycles. The van der Waals surface area contributed by atoms with Crippen molar-refractivity contribution in [2.45, 2.75) is 13.0 Å². The van der Waals surface area contributed by atoms with E-state index < -0.39 is 0 Å². The van der Waals surface area contributed by atoms with Crippen LogP contribution < -0.4 is 5.32 Å². The third-order valence-corrected chi connectivity index (χ3v) is 3.16. The highest BCUT2D eigenvalue weighted by molar-refractivity contribution is 6.42. The molecule has 1 amide bonds. The summed E-state index contributed by atoms with van der Waals surface area (Å²) in [6.07, 6.45) is 1.28. The summed E-state index contributed by atoms with van der Waals surface area (Å²) in [6.45, 7) is 1.84. The molecule has 0 fully saturated rings. The number of carbonyl (C=O) groups is 1. The highest BCUT2D eigenvalue weighted by Gasteiger charge is 2.14. The van der Waals surface area contributed by atoms with Crippen LogP contribution in [0.3, 0.4) is 0 Å². The van der Waals surface area contributed by atoms with Crippen LogP contribution in [0.4, 0.5) is 0 Å². The number of hydrogen-bond donors (Lipinski definition) is 2. The Hall–Kier alpha value is -1.59. The normalized spacial score (nSPS) is 12.2. The van der Waals surface area contributed by atoms with Crippen molar-refractivity contribution in [1.29, 1.82) is 0 Å². The summed E-state index contributed by atoms with van der Waals surface area (Å²) in [6, 6.07) is 5.00. The summed E-state index contributed by atoms with van der Waals surface area (Å²) >= 11 is 11.8. The maximum atomic E-state index is 11.7. The summed E-state index contributed by atoms with van der Waals surface area (Å²) in [7, 11) is 0. The zero-order chi connectivity index (χ0) is 13.1. The van der Waals surface area contributed by atoms with E-state index in [1.807, 2.05) is 6.92 Å². The van der Waals surface area contributed by atoms with Crippen LogP contribution in [0.5, 0.6) is 0 Å². The quantitative estimate of drug-likeness (QED) is 0.910. The molecule has 1 atom stereocenters. The van der Waals surface area contributed by atoms with E-state index in [0.717, 1.165) is 5.56 Å². The monoisotopic (exact) mass is 284 g/mol. The number of nitrogens with one attached hydrogen (secondary N) is 2. The van der Waals surface area contributed by atoms with E-state index in [9.17, 15) is 4.79 Å². The third kappa shape index (κ3) is 2.80. The average molecular weight is 285 g/mol. The fourth-order valence-electron chi connectivity index (χ4n) is 1.44. The largest absolute Gasteiger partial charge is 0.343 e. The molecule has 2 rings (SSSR count). The number of rotatable bonds is 3. The first-order chi connectivity index (χ1) is 8.58. The standard InChI is InChI=1S/C11H10Cl2N4O/c1-6(7-2-3-8(12)9(13)4-7)16-11(18)10-14-5-15-17-10/h2-6H,1H3,(H,16,18)(H,14,15,17). The van der Waals surface area contributed by atoms with Crippen LogP contribution >= 0.6 is 23.2 Å². The number of benzene rings is 1. The van der Waals surface area contributed by atoms with Crippen LogP contribution in [0.25, 0.3) is 0 Å². The number of hydrogen-bond acceptors (Lipinski definition) is 3. The minimum atomic E-state index is -0.328. The Morgan fingerprint density at radius 3 is 2.78 bits per heavy atom. The molecular formula is C11H10Cl2N4O. The van der Waals surface area contributed by atoms with Gasteiger partial charge in [-0.1, -0.05) is 29.3 Å². The maximum absolute atomic E-state index is 11.7. The zero-order valence-electron chi connectivity index (χ0n) is 9.45. The smallest absolute Gasteiger partial charge is 0.289 e. The second-order valence-electron chi connectivity index (χ2n) is 3.70. The highest BCUT2D eigenvalue weighted by atomic mass is 35.5. The lowest BCUT2D eigenvalue weighted by molar-refractivity contribution is 0.0930. The molecule has 0 saturated carbocycles. The van der Waals surface area contributed by atoms with Gasteiger partial charge in [-0.25, -0.2) is 4.98 Å². The van der Waals surface area contributed by atoms with E-state index in [2.05, 4.69) is 20.5 Å². The van der Waals surface area contributed by atoms with Gasteiger partial charge in [0.2, 0.25) is 5.82 Å². The van der Waals surface area contributed by atoms with Crippen molar-refractivity contribution >= 4 is 29.1 Å². The van der Waals surface area contributed by atoms with Gasteiger partial charge in [0.05, 0.1) is 16.1 Å². The summed E-state index contributed by atoms with van der Waals surface area (Å²) in [5.41, 5.74) is 0.859. The molecule has 94 valence electrons. The number of nitrogens with zero attached hydrogens (tertiary/aromatic N) is 2. The van der Waals surface area contributed by atoms with Crippen molar-refractivity contribution in [3.63, 3.8) is 0 Å². The molecule has 7 heteroatoms. The lowest BCUT2D eigenvalue weighted by Crippen LogP contribution is -2.27. The zero-order valence-corrected chi connectivity index (χ0v) is 11.0. The maximum Gasteiger partial charge on any atom is 0.289 e. The van der Waals surface area contributed by atoms with Crippen LogP contribution in [0, 0.1) is 0 Å². The highest BCUT2D eigenvalue weighted by Crippen LogP contribution is 2.25. The molecule has 0 aliphatic heterocycles. The third-order valence-electron chi connectivity index (χ3n) is 2.42. The summed E-state index contributed by atoms with van der Waals surface area (Å²) < 4.78 is 0. The van der Waals surface area contributed by atoms with Crippen molar-refractivity contribution in [1.82, 2.24) is 20.5 Å². The van der Waals surface area contributed by atoms with E-state index in [4.69, 9.17) is 23.2 Å². The second kappa shape index (κ2) is 5.37. The molecule has 1 aromatic heterocycles. The van der Waals surface area contributed by atoms with E-state index in [-0.39, 0.29) is 17.8 Å². The molecule has 5 nitrogen and oxygen atoms in total. The summed E-state index contributed by atoms with van der Waals surface area (Å²) in [5.74, 6) is -0.159. The number of aromatic amines is 1. The first-order valence-corrected chi connectivity index (χ1v) is 5.94. The molecule has 0 aliphatic rings. The van der Waals surface area contributed by atoms with E-state index in [0.29, 0.717) is 10.0 Å². The summed E-state index contributed by atoms with van der Waals surface area (Å²) in [4.78, 5) is 15.5. The Morgan fingerprint density at radius 1 is 1.39 bits per heavy atom. The minimum Gasteiger partial charge on any atom is -0.343 e. The SMILES string of the molecule is CC(NC(=O)c1ncn[nH]1)c1ccc(Cl)c(Cl)c1. The summed E-state index contributed by atoms with van der Waals surface area (Å²) in [5, 5.41) is 9.81. The molecule has 0 spiro atoms. The number of aromatic nitrogens is 3. The van der Waals surface area contributed by atoms with Gasteiger partial charge in [-0.05, 0) is 24.6 Å². The molecule has 0 radical (unpaired) electrons. The number of halogens is 2. The van der Waals surface area contributed by atoms with Crippen molar-refractivity contribution in [3.05, 3.63) is 46.0 Å². The van der Waals surface area contributed by atoms with Gasteiger partial charge in [0, 0.05) is 0 Å². The van der Waals surface area contributed by atoms with Gasteiger partial charge >= 0.3 is 0 Å². The molecule has 0 bridgehead atoms.